The van der Waals surface area contributed by atoms with Crippen LogP contribution in [-0.2, 0) is 4.79 Å². The molecule has 0 aliphatic carbocycles. The van der Waals surface area contributed by atoms with Crippen LogP contribution in [0, 0.1) is 16.7 Å². The van der Waals surface area contributed by atoms with Gasteiger partial charge in [0.1, 0.15) is 11.2 Å². The van der Waals surface area contributed by atoms with Crippen LogP contribution in [0.15, 0.2) is 24.3 Å². The molecule has 0 radical (unpaired) electrons. The van der Waals surface area contributed by atoms with E-state index in [1.807, 2.05) is 13.8 Å². The Bertz CT molecular complexity index is 482. The van der Waals surface area contributed by atoms with Crippen molar-refractivity contribution in [3.05, 3.63) is 24.3 Å². The Morgan fingerprint density at radius 3 is 2.15 bits per heavy atom. The molecule has 0 fully saturated rings. The summed E-state index contributed by atoms with van der Waals surface area (Å²) in [5.41, 5.74) is -0.268. The van der Waals surface area contributed by atoms with Gasteiger partial charge >= 0.3 is 0 Å². The summed E-state index contributed by atoms with van der Waals surface area (Å²) in [4.78, 5) is 14.2. The molecular weight excluding hydrogens is 252 g/mol. The molecule has 1 amide bonds. The van der Waals surface area contributed by atoms with Gasteiger partial charge in [0.25, 0.3) is 0 Å². The van der Waals surface area contributed by atoms with E-state index in [2.05, 4.69) is 6.07 Å². The Labute approximate surface area is 120 Å². The predicted molar refractivity (Wildman–Crippen MR) is 79.4 cm³/mol. The minimum atomic E-state index is -0.948. The van der Waals surface area contributed by atoms with Gasteiger partial charge in [0.05, 0.1) is 6.07 Å². The maximum absolute atomic E-state index is 12.7. The molecule has 0 aromatic heterocycles. The molecule has 20 heavy (non-hydrogen) atoms. The van der Waals surface area contributed by atoms with Crippen molar-refractivity contribution in [1.29, 1.82) is 5.26 Å². The van der Waals surface area contributed by atoms with Crippen LogP contribution < -0.4 is 4.90 Å². The van der Waals surface area contributed by atoms with E-state index in [4.69, 9.17) is 0 Å². The van der Waals surface area contributed by atoms with Gasteiger partial charge in [-0.2, -0.15) is 5.26 Å². The summed E-state index contributed by atoms with van der Waals surface area (Å²) in [5, 5.41) is 18.8. The Morgan fingerprint density at radius 2 is 1.75 bits per heavy atom. The highest BCUT2D eigenvalue weighted by atomic mass is 16.3. The van der Waals surface area contributed by atoms with E-state index in [0.29, 0.717) is 18.5 Å². The monoisotopic (exact) mass is 274 g/mol. The molecular formula is C16H22N2O2. The molecule has 0 spiro atoms. The first-order valence-electron chi connectivity index (χ1n) is 6.99. The number of nitriles is 1. The van der Waals surface area contributed by atoms with Crippen LogP contribution in [0.5, 0.6) is 5.75 Å². The Kier molecular flexibility index (Phi) is 5.57. The molecule has 0 atom stereocenters. The minimum absolute atomic E-state index is 0.156. The fourth-order valence-corrected chi connectivity index (χ4v) is 2.47. The number of amides is 1. The van der Waals surface area contributed by atoms with E-state index >= 15 is 0 Å². The van der Waals surface area contributed by atoms with Crippen molar-refractivity contribution in [2.45, 2.75) is 39.5 Å². The number of rotatable bonds is 6. The molecule has 0 unspecified atom stereocenters. The zero-order valence-corrected chi connectivity index (χ0v) is 12.4. The van der Waals surface area contributed by atoms with Crippen LogP contribution >= 0.6 is 0 Å². The third-order valence-electron chi connectivity index (χ3n) is 3.52. The molecule has 0 bridgehead atoms. The zero-order valence-electron chi connectivity index (χ0n) is 12.4. The number of hydrogen-bond acceptors (Lipinski definition) is 3. The van der Waals surface area contributed by atoms with Gasteiger partial charge in [-0.25, -0.2) is 0 Å². The molecule has 0 saturated heterocycles. The van der Waals surface area contributed by atoms with Crippen LogP contribution in [0.4, 0.5) is 5.69 Å². The van der Waals surface area contributed by atoms with E-state index < -0.39 is 5.41 Å². The molecule has 108 valence electrons. The Hall–Kier alpha value is -2.02. The summed E-state index contributed by atoms with van der Waals surface area (Å²) in [6, 6.07) is 8.66. The predicted octanol–water partition coefficient (Wildman–Crippen LogP) is 3.47. The van der Waals surface area contributed by atoms with Crippen LogP contribution in [0.25, 0.3) is 0 Å². The highest BCUT2D eigenvalue weighted by molar-refractivity contribution is 5.98. The second-order valence-electron chi connectivity index (χ2n) is 5.07. The van der Waals surface area contributed by atoms with E-state index in [-0.39, 0.29) is 11.7 Å². The van der Waals surface area contributed by atoms with Crippen molar-refractivity contribution in [2.75, 3.05) is 11.9 Å². The second kappa shape index (κ2) is 6.95. The molecule has 1 rings (SSSR count). The van der Waals surface area contributed by atoms with Crippen LogP contribution in [0.1, 0.15) is 39.5 Å². The lowest BCUT2D eigenvalue weighted by atomic mass is 9.79. The zero-order chi connectivity index (χ0) is 15.2. The third kappa shape index (κ3) is 3.30. The quantitative estimate of drug-likeness (QED) is 0.864. The number of aromatic hydroxyl groups is 1. The van der Waals surface area contributed by atoms with Gasteiger partial charge in [0.15, 0.2) is 0 Å². The summed E-state index contributed by atoms with van der Waals surface area (Å²) < 4.78 is 0. The summed E-state index contributed by atoms with van der Waals surface area (Å²) in [5.74, 6) is -0.0161. The second-order valence-corrected chi connectivity index (χ2v) is 5.07. The minimum Gasteiger partial charge on any atom is -0.508 e. The van der Waals surface area contributed by atoms with Gasteiger partial charge in [-0.3, -0.25) is 4.79 Å². The largest absolute Gasteiger partial charge is 0.508 e. The fourth-order valence-electron chi connectivity index (χ4n) is 2.47. The first-order chi connectivity index (χ1) is 9.50. The number of hydrogen-bond donors (Lipinski definition) is 1. The van der Waals surface area contributed by atoms with Crippen molar-refractivity contribution in [3.63, 3.8) is 0 Å². The van der Waals surface area contributed by atoms with Gasteiger partial charge in [-0.05, 0) is 37.1 Å². The first kappa shape index (κ1) is 16.0. The smallest absolute Gasteiger partial charge is 0.247 e. The molecule has 1 N–H and O–H groups in total. The SMILES string of the molecule is CCCC(C#N)(CCC)C(=O)N(C)c1ccc(O)cc1. The Balaban J connectivity index is 3.05. The molecule has 1 aromatic rings. The van der Waals surface area contributed by atoms with Crippen molar-refractivity contribution >= 4 is 11.6 Å². The maximum Gasteiger partial charge on any atom is 0.247 e. The number of benzene rings is 1. The van der Waals surface area contributed by atoms with Gasteiger partial charge in [-0.1, -0.05) is 26.7 Å². The molecule has 1 aromatic carbocycles. The van der Waals surface area contributed by atoms with E-state index in [1.165, 1.54) is 17.0 Å². The summed E-state index contributed by atoms with van der Waals surface area (Å²) >= 11 is 0. The van der Waals surface area contributed by atoms with Crippen LogP contribution in [0.3, 0.4) is 0 Å². The number of phenolic OH excluding ortho intramolecular Hbond substituents is 1. The summed E-state index contributed by atoms with van der Waals surface area (Å²) in [6.45, 7) is 3.96. The highest BCUT2D eigenvalue weighted by Crippen LogP contribution is 2.33. The number of carbonyl (C=O) groups excluding carboxylic acids is 1. The highest BCUT2D eigenvalue weighted by Gasteiger charge is 2.39. The third-order valence-corrected chi connectivity index (χ3v) is 3.52. The van der Waals surface area contributed by atoms with Crippen molar-refractivity contribution < 1.29 is 9.90 Å². The number of phenols is 1. The summed E-state index contributed by atoms with van der Waals surface area (Å²) in [7, 11) is 1.67. The average molecular weight is 274 g/mol. The van der Waals surface area contributed by atoms with Crippen molar-refractivity contribution in [3.8, 4) is 11.8 Å². The van der Waals surface area contributed by atoms with Gasteiger partial charge < -0.3 is 10.0 Å². The fraction of sp³-hybridized carbons (Fsp3) is 0.500. The molecule has 0 heterocycles. The van der Waals surface area contributed by atoms with E-state index in [1.54, 1.807) is 19.2 Å². The first-order valence-corrected chi connectivity index (χ1v) is 6.99. The van der Waals surface area contributed by atoms with E-state index in [0.717, 1.165) is 12.8 Å². The molecule has 0 saturated carbocycles. The molecule has 0 aliphatic rings. The molecule has 4 heteroatoms. The number of carbonyl (C=O) groups is 1. The van der Waals surface area contributed by atoms with E-state index in [9.17, 15) is 15.2 Å². The summed E-state index contributed by atoms with van der Waals surface area (Å²) in [6.07, 6.45) is 2.72. The number of anilines is 1. The topological polar surface area (TPSA) is 64.3 Å². The van der Waals surface area contributed by atoms with Crippen LogP contribution in [-0.4, -0.2) is 18.1 Å². The average Bonchev–Trinajstić information content (AvgIpc) is 2.46. The lowest BCUT2D eigenvalue weighted by Gasteiger charge is -2.30. The standard InChI is InChI=1S/C16H22N2O2/c1-4-10-16(12-17,11-5-2)15(20)18(3)13-6-8-14(19)9-7-13/h6-9,19H,4-5,10-11H2,1-3H3. The Morgan fingerprint density at radius 1 is 1.25 bits per heavy atom. The van der Waals surface area contributed by atoms with Gasteiger partial charge in [-0.15, -0.1) is 0 Å². The lowest BCUT2D eigenvalue weighted by molar-refractivity contribution is -0.125. The molecule has 0 aliphatic heterocycles. The number of nitrogens with zero attached hydrogens (tertiary/aromatic N) is 2. The van der Waals surface area contributed by atoms with Crippen molar-refractivity contribution in [1.82, 2.24) is 0 Å². The van der Waals surface area contributed by atoms with Crippen molar-refractivity contribution in [2.24, 2.45) is 5.41 Å². The molecule has 4 nitrogen and oxygen atoms in total. The normalized spacial score (nSPS) is 10.9. The maximum atomic E-state index is 12.7. The van der Waals surface area contributed by atoms with Gasteiger partial charge in [0, 0.05) is 12.7 Å². The van der Waals surface area contributed by atoms with Gasteiger partial charge in [0.2, 0.25) is 5.91 Å². The van der Waals surface area contributed by atoms with Crippen LogP contribution in [0.2, 0.25) is 0 Å². The lowest BCUT2D eigenvalue weighted by Crippen LogP contribution is -2.41.